The highest BCUT2D eigenvalue weighted by Gasteiger charge is 2.30. The fourth-order valence-corrected chi connectivity index (χ4v) is 4.07. The molecule has 0 unspecified atom stereocenters. The van der Waals surface area contributed by atoms with Gasteiger partial charge in [0, 0.05) is 28.8 Å². The van der Waals surface area contributed by atoms with Gasteiger partial charge >= 0.3 is 5.97 Å². The quantitative estimate of drug-likeness (QED) is 0.624. The maximum absolute atomic E-state index is 12.9. The highest BCUT2D eigenvalue weighted by Crippen LogP contribution is 2.35. The van der Waals surface area contributed by atoms with Crippen LogP contribution < -0.4 is 0 Å². The van der Waals surface area contributed by atoms with E-state index in [1.807, 2.05) is 12.1 Å². The van der Waals surface area contributed by atoms with Gasteiger partial charge in [-0.25, -0.2) is 0 Å². The molecule has 0 saturated heterocycles. The molecular formula is C19H14Cl2NO4+. The third-order valence-electron chi connectivity index (χ3n) is 4.62. The number of benzene rings is 2. The maximum atomic E-state index is 12.9. The van der Waals surface area contributed by atoms with Gasteiger partial charge in [0.25, 0.3) is 5.91 Å². The fourth-order valence-electron chi connectivity index (χ4n) is 3.30. The Morgan fingerprint density at radius 1 is 1.15 bits per heavy atom. The molecule has 5 nitrogen and oxygen atoms in total. The molecule has 1 aromatic heterocycles. The van der Waals surface area contributed by atoms with E-state index in [0.717, 1.165) is 16.5 Å². The van der Waals surface area contributed by atoms with Gasteiger partial charge in [-0.1, -0.05) is 29.3 Å². The monoisotopic (exact) mass is 390 g/mol. The number of hydrogen-bond donors (Lipinski definition) is 0. The molecule has 26 heavy (non-hydrogen) atoms. The summed E-state index contributed by atoms with van der Waals surface area (Å²) in [6, 6.07) is 8.83. The van der Waals surface area contributed by atoms with E-state index in [1.165, 1.54) is 0 Å². The molecule has 0 fully saturated rings. The van der Waals surface area contributed by atoms with Crippen LogP contribution in [-0.4, -0.2) is 28.4 Å². The molecule has 0 bridgehead atoms. The first-order valence-electron chi connectivity index (χ1n) is 7.98. The molecule has 3 aromatic rings. The molecule has 0 saturated carbocycles. The summed E-state index contributed by atoms with van der Waals surface area (Å²) in [7, 11) is 0. The van der Waals surface area contributed by atoms with Crippen molar-refractivity contribution >= 4 is 46.0 Å². The van der Waals surface area contributed by atoms with E-state index in [2.05, 4.69) is 0 Å². The first-order valence-corrected chi connectivity index (χ1v) is 8.73. The zero-order valence-corrected chi connectivity index (χ0v) is 15.0. The minimum Gasteiger partial charge on any atom is -0.561 e. The highest BCUT2D eigenvalue weighted by molar-refractivity contribution is 6.39. The number of carbonyl (C=O) groups excluding carboxylic acids is 2. The lowest BCUT2D eigenvalue weighted by Gasteiger charge is -2.30. The number of furan rings is 1. The average Bonchev–Trinajstić information content (AvgIpc) is 3.07. The van der Waals surface area contributed by atoms with E-state index < -0.39 is 5.97 Å². The van der Waals surface area contributed by atoms with E-state index in [-0.39, 0.29) is 21.5 Å². The van der Waals surface area contributed by atoms with Gasteiger partial charge in [-0.15, -0.1) is 0 Å². The molecule has 0 atom stereocenters. The van der Waals surface area contributed by atoms with Crippen molar-refractivity contribution in [2.75, 3.05) is 6.54 Å². The SMILES string of the molecule is O=C([OH2+])c1c(Cl)cc2c(c1Cl)CCN(C(=O)c1ccc3ccoc3c1)C2. The third kappa shape index (κ3) is 2.73. The van der Waals surface area contributed by atoms with Crippen LogP contribution in [0.2, 0.25) is 10.0 Å². The Morgan fingerprint density at radius 3 is 2.73 bits per heavy atom. The second-order valence-electron chi connectivity index (χ2n) is 6.16. The van der Waals surface area contributed by atoms with Crippen LogP contribution in [0, 0.1) is 0 Å². The van der Waals surface area contributed by atoms with Crippen LogP contribution in [0.1, 0.15) is 31.8 Å². The van der Waals surface area contributed by atoms with Gasteiger partial charge in [-0.3, -0.25) is 4.79 Å². The van der Waals surface area contributed by atoms with E-state index in [4.69, 9.17) is 32.7 Å². The minimum atomic E-state index is -0.909. The minimum absolute atomic E-state index is 0.0233. The Balaban J connectivity index is 1.65. The van der Waals surface area contributed by atoms with Crippen molar-refractivity contribution < 1.29 is 19.1 Å². The van der Waals surface area contributed by atoms with Crippen molar-refractivity contribution in [1.82, 2.24) is 4.90 Å². The zero-order valence-electron chi connectivity index (χ0n) is 13.5. The van der Waals surface area contributed by atoms with Gasteiger partial charge in [-0.2, -0.15) is 0 Å². The molecule has 132 valence electrons. The van der Waals surface area contributed by atoms with Gasteiger partial charge in [0.15, 0.2) is 5.56 Å². The van der Waals surface area contributed by atoms with Crippen molar-refractivity contribution in [1.29, 1.82) is 0 Å². The topological polar surface area (TPSA) is 73.4 Å². The number of fused-ring (bicyclic) bond motifs is 2. The average molecular weight is 391 g/mol. The molecule has 1 aliphatic heterocycles. The van der Waals surface area contributed by atoms with Crippen molar-refractivity contribution in [3.63, 3.8) is 0 Å². The number of amides is 1. The summed E-state index contributed by atoms with van der Waals surface area (Å²) < 4.78 is 5.36. The number of carbonyl (C=O) groups is 2. The molecule has 1 amide bonds. The van der Waals surface area contributed by atoms with Crippen LogP contribution in [0.25, 0.3) is 11.0 Å². The number of hydrogen-bond acceptors (Lipinski definition) is 3. The van der Waals surface area contributed by atoms with Gasteiger partial charge in [-0.05, 0) is 41.8 Å². The molecule has 7 heteroatoms. The van der Waals surface area contributed by atoms with Crippen LogP contribution >= 0.6 is 23.2 Å². The molecule has 0 radical (unpaired) electrons. The number of rotatable bonds is 2. The second-order valence-corrected chi connectivity index (χ2v) is 6.95. The maximum Gasteiger partial charge on any atom is 0.552 e. The summed E-state index contributed by atoms with van der Waals surface area (Å²) in [5, 5.41) is 8.61. The summed E-state index contributed by atoms with van der Waals surface area (Å²) in [4.78, 5) is 26.0. The second kappa shape index (κ2) is 6.34. The Labute approximate surface area is 158 Å². The summed E-state index contributed by atoms with van der Waals surface area (Å²) in [6.45, 7) is 0.811. The molecular weight excluding hydrogens is 377 g/mol. The smallest absolute Gasteiger partial charge is 0.552 e. The number of halogens is 2. The first kappa shape index (κ1) is 16.9. The van der Waals surface area contributed by atoms with Crippen LogP contribution in [0.4, 0.5) is 0 Å². The zero-order chi connectivity index (χ0) is 18.4. The van der Waals surface area contributed by atoms with E-state index in [1.54, 1.807) is 29.4 Å². The van der Waals surface area contributed by atoms with E-state index in [0.29, 0.717) is 30.7 Å². The normalized spacial score (nSPS) is 13.7. The first-order chi connectivity index (χ1) is 12.5. The Morgan fingerprint density at radius 2 is 1.96 bits per heavy atom. The summed E-state index contributed by atoms with van der Waals surface area (Å²) >= 11 is 12.4. The fraction of sp³-hybridized carbons (Fsp3) is 0.158. The van der Waals surface area contributed by atoms with Crippen LogP contribution in [-0.2, 0) is 13.0 Å². The predicted molar refractivity (Wildman–Crippen MR) is 99.1 cm³/mol. The van der Waals surface area contributed by atoms with E-state index in [9.17, 15) is 9.59 Å². The largest absolute Gasteiger partial charge is 0.561 e. The molecule has 2 N–H and O–H groups in total. The number of nitrogens with zero attached hydrogens (tertiary/aromatic N) is 1. The van der Waals surface area contributed by atoms with Crippen LogP contribution in [0.15, 0.2) is 41.0 Å². The Kier molecular flexibility index (Phi) is 4.13. The van der Waals surface area contributed by atoms with Crippen molar-refractivity contribution in [2.24, 2.45) is 0 Å². The Bertz CT molecular complexity index is 1060. The highest BCUT2D eigenvalue weighted by atomic mass is 35.5. The lowest BCUT2D eigenvalue weighted by Crippen LogP contribution is -2.36. The Hall–Kier alpha value is -2.50. The standard InChI is InChI=1S/C19H13Cl2NO4/c20-14-7-12-9-22(5-3-13(12)17(21)16(14)19(24)25)18(23)11-2-1-10-4-6-26-15(10)8-11/h1-2,4,6-8H,3,5,9H2,(H,24,25)/p+1. The molecule has 0 aliphatic carbocycles. The van der Waals surface area contributed by atoms with Crippen molar-refractivity contribution in [2.45, 2.75) is 13.0 Å². The molecule has 1 aliphatic rings. The molecule has 2 heterocycles. The van der Waals surface area contributed by atoms with Crippen LogP contribution in [0.3, 0.4) is 0 Å². The van der Waals surface area contributed by atoms with Crippen molar-refractivity contribution in [3.05, 3.63) is 68.9 Å². The van der Waals surface area contributed by atoms with Gasteiger partial charge in [0.2, 0.25) is 0 Å². The molecule has 4 rings (SSSR count). The van der Waals surface area contributed by atoms with Gasteiger partial charge in [0.05, 0.1) is 16.3 Å². The lowest BCUT2D eigenvalue weighted by atomic mass is 9.96. The third-order valence-corrected chi connectivity index (χ3v) is 5.34. The molecule has 2 aromatic carbocycles. The van der Waals surface area contributed by atoms with Gasteiger partial charge in [0.1, 0.15) is 5.58 Å². The predicted octanol–water partition coefficient (Wildman–Crippen LogP) is 3.80. The summed E-state index contributed by atoms with van der Waals surface area (Å²) in [5.41, 5.74) is 2.81. The van der Waals surface area contributed by atoms with E-state index >= 15 is 0 Å². The van der Waals surface area contributed by atoms with Crippen LogP contribution in [0.5, 0.6) is 0 Å². The molecule has 0 spiro atoms. The van der Waals surface area contributed by atoms with Crippen molar-refractivity contribution in [3.8, 4) is 0 Å². The van der Waals surface area contributed by atoms with Gasteiger partial charge < -0.3 is 14.4 Å². The summed E-state index contributed by atoms with van der Waals surface area (Å²) in [6.07, 6.45) is 2.09. The lowest BCUT2D eigenvalue weighted by molar-refractivity contribution is 0.0692. The summed E-state index contributed by atoms with van der Waals surface area (Å²) in [5.74, 6) is -1.02.